The molecule has 0 spiro atoms. The molecule has 1 saturated heterocycles. The quantitative estimate of drug-likeness (QED) is 0.380. The SMILES string of the molecule is Nc1c2cnc(Nc3ccc(N4CCC[C@@H]4CO)cc3)nc2nc(=O)n1-c1c(Cl)cccc1Cl. The highest BCUT2D eigenvalue weighted by Crippen LogP contribution is 2.31. The zero-order chi connectivity index (χ0) is 23.8. The maximum absolute atomic E-state index is 12.8. The van der Waals surface area contributed by atoms with E-state index >= 15 is 0 Å². The van der Waals surface area contributed by atoms with E-state index in [0.717, 1.165) is 35.3 Å². The Hall–Kier alpha value is -3.40. The number of benzene rings is 2. The molecule has 0 bridgehead atoms. The minimum Gasteiger partial charge on any atom is -0.394 e. The summed E-state index contributed by atoms with van der Waals surface area (Å²) in [4.78, 5) is 27.8. The average Bonchev–Trinajstić information content (AvgIpc) is 3.30. The maximum Gasteiger partial charge on any atom is 0.355 e. The molecule has 0 saturated carbocycles. The van der Waals surface area contributed by atoms with Crippen molar-refractivity contribution < 1.29 is 5.11 Å². The maximum atomic E-state index is 12.8. The van der Waals surface area contributed by atoms with Crippen molar-refractivity contribution in [2.75, 3.05) is 29.1 Å². The summed E-state index contributed by atoms with van der Waals surface area (Å²) in [6, 6.07) is 12.8. The van der Waals surface area contributed by atoms with E-state index in [0.29, 0.717) is 5.39 Å². The summed E-state index contributed by atoms with van der Waals surface area (Å²) in [6.45, 7) is 1.07. The fourth-order valence-electron chi connectivity index (χ4n) is 4.21. The molecule has 2 aromatic carbocycles. The second-order valence-corrected chi connectivity index (χ2v) is 8.77. The van der Waals surface area contributed by atoms with E-state index in [4.69, 9.17) is 28.9 Å². The Morgan fingerprint density at radius 2 is 1.85 bits per heavy atom. The Labute approximate surface area is 204 Å². The number of hydrogen-bond donors (Lipinski definition) is 3. The highest BCUT2D eigenvalue weighted by atomic mass is 35.5. The second-order valence-electron chi connectivity index (χ2n) is 7.96. The van der Waals surface area contributed by atoms with E-state index in [1.807, 2.05) is 24.3 Å². The predicted octanol–water partition coefficient (Wildman–Crippen LogP) is 3.77. The lowest BCUT2D eigenvalue weighted by atomic mass is 10.2. The van der Waals surface area contributed by atoms with Crippen LogP contribution in [-0.4, -0.2) is 43.8 Å². The first-order valence-corrected chi connectivity index (χ1v) is 11.5. The van der Waals surface area contributed by atoms with Crippen LogP contribution in [0.4, 0.5) is 23.1 Å². The summed E-state index contributed by atoms with van der Waals surface area (Å²) in [7, 11) is 0. The summed E-state index contributed by atoms with van der Waals surface area (Å²) in [6.07, 6.45) is 3.55. The lowest BCUT2D eigenvalue weighted by molar-refractivity contribution is 0.266. The van der Waals surface area contributed by atoms with E-state index in [1.165, 1.54) is 6.20 Å². The first-order valence-electron chi connectivity index (χ1n) is 10.7. The van der Waals surface area contributed by atoms with Gasteiger partial charge in [-0.2, -0.15) is 9.97 Å². The number of nitrogens with zero attached hydrogens (tertiary/aromatic N) is 5. The number of nitrogens with two attached hydrogens (primary N) is 1. The Bertz CT molecular complexity index is 1410. The third-order valence-electron chi connectivity index (χ3n) is 5.88. The van der Waals surface area contributed by atoms with Crippen molar-refractivity contribution in [3.63, 3.8) is 0 Å². The number of rotatable bonds is 5. The van der Waals surface area contributed by atoms with Gasteiger partial charge in [0.05, 0.1) is 33.8 Å². The monoisotopic (exact) mass is 497 g/mol. The molecule has 4 N–H and O–H groups in total. The van der Waals surface area contributed by atoms with Crippen LogP contribution in [0.2, 0.25) is 10.0 Å². The Kier molecular flexibility index (Phi) is 5.99. The van der Waals surface area contributed by atoms with Crippen LogP contribution >= 0.6 is 23.2 Å². The third kappa shape index (κ3) is 4.02. The average molecular weight is 498 g/mol. The van der Waals surface area contributed by atoms with Crippen LogP contribution in [0, 0.1) is 0 Å². The van der Waals surface area contributed by atoms with Gasteiger partial charge in [0.15, 0.2) is 5.65 Å². The molecule has 1 aliphatic heterocycles. The van der Waals surface area contributed by atoms with Crippen LogP contribution in [0.25, 0.3) is 16.7 Å². The van der Waals surface area contributed by atoms with Gasteiger partial charge in [-0.15, -0.1) is 0 Å². The molecule has 0 aliphatic carbocycles. The van der Waals surface area contributed by atoms with Gasteiger partial charge in [0.2, 0.25) is 5.95 Å². The fourth-order valence-corrected chi connectivity index (χ4v) is 4.78. The summed E-state index contributed by atoms with van der Waals surface area (Å²) in [5, 5.41) is 13.6. The highest BCUT2D eigenvalue weighted by molar-refractivity contribution is 6.37. The van der Waals surface area contributed by atoms with Crippen LogP contribution < -0.4 is 21.6 Å². The van der Waals surface area contributed by atoms with Crippen molar-refractivity contribution in [3.05, 3.63) is 69.2 Å². The van der Waals surface area contributed by atoms with Gasteiger partial charge in [0.25, 0.3) is 0 Å². The molecule has 5 rings (SSSR count). The Morgan fingerprint density at radius 1 is 1.12 bits per heavy atom. The lowest BCUT2D eigenvalue weighted by Gasteiger charge is -2.25. The van der Waals surface area contributed by atoms with Crippen LogP contribution in [0.5, 0.6) is 0 Å². The van der Waals surface area contributed by atoms with Gasteiger partial charge in [-0.25, -0.2) is 14.3 Å². The molecule has 1 fully saturated rings. The van der Waals surface area contributed by atoms with Crippen LogP contribution in [-0.2, 0) is 0 Å². The van der Waals surface area contributed by atoms with E-state index in [2.05, 4.69) is 25.2 Å². The summed E-state index contributed by atoms with van der Waals surface area (Å²) >= 11 is 12.5. The van der Waals surface area contributed by atoms with Gasteiger partial charge >= 0.3 is 5.69 Å². The number of aliphatic hydroxyl groups excluding tert-OH is 1. The van der Waals surface area contributed by atoms with Crippen molar-refractivity contribution in [2.45, 2.75) is 18.9 Å². The minimum absolute atomic E-state index is 0.0879. The first-order chi connectivity index (χ1) is 16.5. The lowest BCUT2D eigenvalue weighted by Crippen LogP contribution is -2.31. The fraction of sp³-hybridized carbons (Fsp3) is 0.217. The number of nitrogens with one attached hydrogen (secondary N) is 1. The summed E-state index contributed by atoms with van der Waals surface area (Å²) in [5.41, 5.74) is 7.85. The number of halogens is 2. The van der Waals surface area contributed by atoms with Crippen molar-refractivity contribution >= 4 is 57.4 Å². The van der Waals surface area contributed by atoms with E-state index < -0.39 is 5.69 Å². The first kappa shape index (κ1) is 22.4. The van der Waals surface area contributed by atoms with Crippen LogP contribution in [0.3, 0.4) is 0 Å². The summed E-state index contributed by atoms with van der Waals surface area (Å²) in [5.74, 6) is 0.361. The summed E-state index contributed by atoms with van der Waals surface area (Å²) < 4.78 is 1.15. The molecule has 9 nitrogen and oxygen atoms in total. The number of para-hydroxylation sites is 1. The van der Waals surface area contributed by atoms with Crippen LogP contribution in [0.1, 0.15) is 12.8 Å². The molecule has 2 aromatic heterocycles. The zero-order valence-electron chi connectivity index (χ0n) is 17.9. The highest BCUT2D eigenvalue weighted by Gasteiger charge is 2.23. The van der Waals surface area contributed by atoms with Crippen molar-refractivity contribution in [2.24, 2.45) is 0 Å². The van der Waals surface area contributed by atoms with E-state index in [9.17, 15) is 9.90 Å². The van der Waals surface area contributed by atoms with E-state index in [1.54, 1.807) is 18.2 Å². The van der Waals surface area contributed by atoms with Gasteiger partial charge in [-0.1, -0.05) is 29.3 Å². The molecule has 34 heavy (non-hydrogen) atoms. The van der Waals surface area contributed by atoms with Crippen molar-refractivity contribution in [3.8, 4) is 5.69 Å². The van der Waals surface area contributed by atoms with Gasteiger partial charge in [0.1, 0.15) is 5.82 Å². The third-order valence-corrected chi connectivity index (χ3v) is 6.49. The molecule has 174 valence electrons. The molecule has 1 aliphatic rings. The van der Waals surface area contributed by atoms with Gasteiger partial charge in [0, 0.05) is 24.1 Å². The predicted molar refractivity (Wildman–Crippen MR) is 135 cm³/mol. The molecular weight excluding hydrogens is 477 g/mol. The topological polar surface area (TPSA) is 122 Å². The van der Waals surface area contributed by atoms with Crippen LogP contribution in [0.15, 0.2) is 53.5 Å². The smallest absolute Gasteiger partial charge is 0.355 e. The zero-order valence-corrected chi connectivity index (χ0v) is 19.5. The number of anilines is 4. The van der Waals surface area contributed by atoms with Crippen molar-refractivity contribution in [1.82, 2.24) is 19.5 Å². The standard InChI is InChI=1S/C23H21Cl2N7O2/c24-17-4-1-5-18(25)19(17)32-20(26)16-11-27-22(29-21(16)30-23(32)34)28-13-6-8-14(9-7-13)31-10-2-3-15(31)12-33/h1,4-9,11,15,33H,2-3,10,12,26H2,(H,28,29,30,34)/t15-/m1/s1. The molecule has 0 unspecified atom stereocenters. The molecule has 0 amide bonds. The van der Waals surface area contributed by atoms with Gasteiger partial charge < -0.3 is 21.1 Å². The molecule has 1 atom stereocenters. The number of hydrogen-bond acceptors (Lipinski definition) is 8. The molecule has 4 aromatic rings. The largest absolute Gasteiger partial charge is 0.394 e. The molecular formula is C23H21Cl2N7O2. The number of aromatic nitrogens is 4. The van der Waals surface area contributed by atoms with E-state index in [-0.39, 0.29) is 45.8 Å². The van der Waals surface area contributed by atoms with Crippen molar-refractivity contribution in [1.29, 1.82) is 0 Å². The molecule has 0 radical (unpaired) electrons. The molecule has 3 heterocycles. The number of nitrogen functional groups attached to an aromatic ring is 1. The number of fused-ring (bicyclic) bond motifs is 1. The van der Waals surface area contributed by atoms with Gasteiger partial charge in [-0.3, -0.25) is 0 Å². The normalized spacial score (nSPS) is 15.7. The molecule has 11 heteroatoms. The Morgan fingerprint density at radius 3 is 2.56 bits per heavy atom. The minimum atomic E-state index is -0.655. The van der Waals surface area contributed by atoms with Gasteiger partial charge in [-0.05, 0) is 49.2 Å². The number of aliphatic hydroxyl groups is 1. The Balaban J connectivity index is 1.44. The second kappa shape index (κ2) is 9.09.